The summed E-state index contributed by atoms with van der Waals surface area (Å²) in [7, 11) is 0. The number of aryl methyl sites for hydroxylation is 1. The number of anilines is 1. The molecule has 0 aliphatic rings. The molecule has 0 atom stereocenters. The van der Waals surface area contributed by atoms with Crippen molar-refractivity contribution in [1.82, 2.24) is 4.98 Å². The molecule has 6 nitrogen and oxygen atoms in total. The highest BCUT2D eigenvalue weighted by Gasteiger charge is 2.14. The number of carbonyl (C=O) groups excluding carboxylic acids is 1. The standard InChI is InChI=1S/C23H18N2O4/c1-14-6-5-9-19(15(14)2)28-21-11-10-17(13-24-21)25-22(26)18-12-16-7-3-4-8-20(16)29-23(18)27/h3-13H,1-2H3,(H,25,26). The molecule has 0 saturated heterocycles. The van der Waals surface area contributed by atoms with Gasteiger partial charge in [-0.2, -0.15) is 0 Å². The molecule has 144 valence electrons. The van der Waals surface area contributed by atoms with Crippen LogP contribution in [0.2, 0.25) is 0 Å². The van der Waals surface area contributed by atoms with Gasteiger partial charge in [-0.05, 0) is 49.2 Å². The average Bonchev–Trinajstić information content (AvgIpc) is 2.72. The molecule has 2 aromatic carbocycles. The summed E-state index contributed by atoms with van der Waals surface area (Å²) < 4.78 is 11.0. The number of aromatic nitrogens is 1. The van der Waals surface area contributed by atoms with Crippen LogP contribution in [0.15, 0.2) is 76.1 Å². The van der Waals surface area contributed by atoms with Gasteiger partial charge in [0, 0.05) is 11.5 Å². The van der Waals surface area contributed by atoms with E-state index in [2.05, 4.69) is 10.3 Å². The highest BCUT2D eigenvalue weighted by Crippen LogP contribution is 2.26. The number of pyridine rings is 1. The first kappa shape index (κ1) is 18.4. The first-order valence-electron chi connectivity index (χ1n) is 9.05. The van der Waals surface area contributed by atoms with E-state index in [0.717, 1.165) is 16.9 Å². The lowest BCUT2D eigenvalue weighted by atomic mass is 10.1. The molecule has 0 saturated carbocycles. The third-order valence-corrected chi connectivity index (χ3v) is 4.65. The zero-order valence-electron chi connectivity index (χ0n) is 15.9. The summed E-state index contributed by atoms with van der Waals surface area (Å²) in [4.78, 5) is 28.9. The van der Waals surface area contributed by atoms with Crippen LogP contribution in [-0.4, -0.2) is 10.9 Å². The van der Waals surface area contributed by atoms with Gasteiger partial charge in [-0.1, -0.05) is 30.3 Å². The van der Waals surface area contributed by atoms with Crippen molar-refractivity contribution >= 4 is 22.6 Å². The minimum absolute atomic E-state index is 0.0700. The van der Waals surface area contributed by atoms with Crippen molar-refractivity contribution in [2.45, 2.75) is 13.8 Å². The zero-order valence-corrected chi connectivity index (χ0v) is 15.9. The summed E-state index contributed by atoms with van der Waals surface area (Å²) in [5.74, 6) is 0.569. The lowest BCUT2D eigenvalue weighted by Crippen LogP contribution is -2.20. The van der Waals surface area contributed by atoms with Crippen LogP contribution in [0.1, 0.15) is 21.5 Å². The Kier molecular flexibility index (Phi) is 4.83. The number of rotatable bonds is 4. The molecule has 2 heterocycles. The van der Waals surface area contributed by atoms with E-state index in [9.17, 15) is 9.59 Å². The Morgan fingerprint density at radius 3 is 2.66 bits per heavy atom. The predicted octanol–water partition coefficient (Wildman–Crippen LogP) is 4.85. The van der Waals surface area contributed by atoms with Gasteiger partial charge < -0.3 is 14.5 Å². The van der Waals surface area contributed by atoms with Gasteiger partial charge >= 0.3 is 5.63 Å². The third-order valence-electron chi connectivity index (χ3n) is 4.65. The molecule has 6 heteroatoms. The van der Waals surface area contributed by atoms with Crippen LogP contribution in [0.4, 0.5) is 5.69 Å². The molecule has 0 unspecified atom stereocenters. The molecule has 0 fully saturated rings. The maximum Gasteiger partial charge on any atom is 0.349 e. The topological polar surface area (TPSA) is 81.4 Å². The molecule has 0 bridgehead atoms. The molecule has 1 N–H and O–H groups in total. The van der Waals surface area contributed by atoms with Gasteiger partial charge in [0.2, 0.25) is 5.88 Å². The van der Waals surface area contributed by atoms with Crippen LogP contribution >= 0.6 is 0 Å². The fourth-order valence-electron chi connectivity index (χ4n) is 2.88. The van der Waals surface area contributed by atoms with E-state index in [1.165, 1.54) is 12.3 Å². The van der Waals surface area contributed by atoms with Gasteiger partial charge in [0.15, 0.2) is 0 Å². The third kappa shape index (κ3) is 3.87. The number of para-hydroxylation sites is 1. The van der Waals surface area contributed by atoms with Crippen LogP contribution in [0, 0.1) is 13.8 Å². The highest BCUT2D eigenvalue weighted by atomic mass is 16.5. The summed E-state index contributed by atoms with van der Waals surface area (Å²) in [5, 5.41) is 3.33. The second-order valence-electron chi connectivity index (χ2n) is 6.62. The van der Waals surface area contributed by atoms with Gasteiger partial charge in [0.05, 0.1) is 11.9 Å². The molecule has 0 aliphatic heterocycles. The second-order valence-corrected chi connectivity index (χ2v) is 6.62. The Morgan fingerprint density at radius 2 is 1.86 bits per heavy atom. The van der Waals surface area contributed by atoms with Crippen LogP contribution in [0.3, 0.4) is 0 Å². The maximum atomic E-state index is 12.5. The molecule has 1 amide bonds. The summed E-state index contributed by atoms with van der Waals surface area (Å²) in [6, 6.07) is 17.7. The summed E-state index contributed by atoms with van der Waals surface area (Å²) in [6.45, 7) is 3.99. The molecule has 0 aliphatic carbocycles. The van der Waals surface area contributed by atoms with E-state index >= 15 is 0 Å². The van der Waals surface area contributed by atoms with Crippen molar-refractivity contribution in [2.24, 2.45) is 0 Å². The normalized spacial score (nSPS) is 10.7. The number of amides is 1. The Balaban J connectivity index is 1.51. The van der Waals surface area contributed by atoms with Gasteiger partial charge in [0.1, 0.15) is 16.9 Å². The fraction of sp³-hybridized carbons (Fsp3) is 0.0870. The van der Waals surface area contributed by atoms with Crippen molar-refractivity contribution < 1.29 is 13.9 Å². The number of carbonyl (C=O) groups is 1. The molecular weight excluding hydrogens is 368 g/mol. The molecule has 29 heavy (non-hydrogen) atoms. The summed E-state index contributed by atoms with van der Waals surface area (Å²) in [6.07, 6.45) is 1.47. The Labute approximate surface area is 166 Å². The minimum atomic E-state index is -0.691. The van der Waals surface area contributed by atoms with Gasteiger partial charge in [0.25, 0.3) is 5.91 Å². The summed E-state index contributed by atoms with van der Waals surface area (Å²) >= 11 is 0. The van der Waals surface area contributed by atoms with E-state index in [1.54, 1.807) is 30.3 Å². The first-order chi connectivity index (χ1) is 14.0. The van der Waals surface area contributed by atoms with Crippen molar-refractivity contribution in [3.8, 4) is 11.6 Å². The highest BCUT2D eigenvalue weighted by molar-refractivity contribution is 6.05. The number of benzene rings is 2. The lowest BCUT2D eigenvalue weighted by molar-refractivity contribution is 0.102. The van der Waals surface area contributed by atoms with Crippen molar-refractivity contribution in [3.63, 3.8) is 0 Å². The number of nitrogens with zero attached hydrogens (tertiary/aromatic N) is 1. The van der Waals surface area contributed by atoms with E-state index in [1.807, 2.05) is 38.1 Å². The number of nitrogens with one attached hydrogen (secondary N) is 1. The quantitative estimate of drug-likeness (QED) is 0.507. The zero-order chi connectivity index (χ0) is 20.4. The molecule has 4 aromatic rings. The van der Waals surface area contributed by atoms with E-state index in [0.29, 0.717) is 22.5 Å². The van der Waals surface area contributed by atoms with Crippen molar-refractivity contribution in [1.29, 1.82) is 0 Å². The minimum Gasteiger partial charge on any atom is -0.439 e. The predicted molar refractivity (Wildman–Crippen MR) is 111 cm³/mol. The van der Waals surface area contributed by atoms with Gasteiger partial charge in [-0.15, -0.1) is 0 Å². The number of fused-ring (bicyclic) bond motifs is 1. The number of hydrogen-bond donors (Lipinski definition) is 1. The molecule has 0 spiro atoms. The largest absolute Gasteiger partial charge is 0.439 e. The van der Waals surface area contributed by atoms with Crippen LogP contribution in [-0.2, 0) is 0 Å². The first-order valence-corrected chi connectivity index (χ1v) is 9.05. The second kappa shape index (κ2) is 7.59. The summed E-state index contributed by atoms with van der Waals surface area (Å²) in [5.41, 5.74) is 2.28. The SMILES string of the molecule is Cc1cccc(Oc2ccc(NC(=O)c3cc4ccccc4oc3=O)cn2)c1C. The Morgan fingerprint density at radius 1 is 1.03 bits per heavy atom. The monoisotopic (exact) mass is 386 g/mol. The Bertz CT molecular complexity index is 1260. The van der Waals surface area contributed by atoms with E-state index < -0.39 is 11.5 Å². The molecule has 4 rings (SSSR count). The number of hydrogen-bond acceptors (Lipinski definition) is 5. The molecule has 0 radical (unpaired) electrons. The average molecular weight is 386 g/mol. The van der Waals surface area contributed by atoms with Crippen molar-refractivity contribution in [3.05, 3.63) is 94.0 Å². The van der Waals surface area contributed by atoms with Crippen LogP contribution in [0.25, 0.3) is 11.0 Å². The molecule has 2 aromatic heterocycles. The van der Waals surface area contributed by atoms with Crippen LogP contribution in [0.5, 0.6) is 11.6 Å². The fourth-order valence-corrected chi connectivity index (χ4v) is 2.88. The van der Waals surface area contributed by atoms with Crippen molar-refractivity contribution in [2.75, 3.05) is 5.32 Å². The lowest BCUT2D eigenvalue weighted by Gasteiger charge is -2.10. The Hall–Kier alpha value is -3.93. The molecular formula is C23H18N2O4. The van der Waals surface area contributed by atoms with Crippen LogP contribution < -0.4 is 15.7 Å². The van der Waals surface area contributed by atoms with Gasteiger partial charge in [-0.3, -0.25) is 4.79 Å². The van der Waals surface area contributed by atoms with E-state index in [4.69, 9.17) is 9.15 Å². The smallest absolute Gasteiger partial charge is 0.349 e. The van der Waals surface area contributed by atoms with E-state index in [-0.39, 0.29) is 5.56 Å². The number of ether oxygens (including phenoxy) is 1. The maximum absolute atomic E-state index is 12.5. The van der Waals surface area contributed by atoms with Gasteiger partial charge in [-0.25, -0.2) is 9.78 Å².